The number of nitrogens with one attached hydrogen (secondary N) is 1. The lowest BCUT2D eigenvalue weighted by Gasteiger charge is -2.32. The van der Waals surface area contributed by atoms with E-state index in [0.717, 1.165) is 37.3 Å². The minimum Gasteiger partial charge on any atom is -0.359 e. The third kappa shape index (κ3) is 3.23. The maximum atomic E-state index is 11.7. The summed E-state index contributed by atoms with van der Waals surface area (Å²) in [5.41, 5.74) is 6.97. The monoisotopic (exact) mass is 262 g/mol. The predicted octanol–water partition coefficient (Wildman–Crippen LogP) is 1.06. The Kier molecular flexibility index (Phi) is 4.37. The van der Waals surface area contributed by atoms with Crippen molar-refractivity contribution >= 4 is 11.7 Å². The van der Waals surface area contributed by atoms with Gasteiger partial charge in [-0.1, -0.05) is 0 Å². The van der Waals surface area contributed by atoms with Crippen LogP contribution < -0.4 is 16.0 Å². The summed E-state index contributed by atoms with van der Waals surface area (Å²) in [6.07, 6.45) is 3.75. The Bertz CT molecular complexity index is 447. The molecule has 5 nitrogen and oxygen atoms in total. The maximum Gasteiger partial charge on any atom is 0.224 e. The summed E-state index contributed by atoms with van der Waals surface area (Å²) < 4.78 is 0. The van der Waals surface area contributed by atoms with Crippen molar-refractivity contribution in [1.29, 1.82) is 0 Å². The van der Waals surface area contributed by atoms with Crippen LogP contribution in [0.3, 0.4) is 0 Å². The molecule has 0 spiro atoms. The SMILES string of the molecule is CNC(=O)C1CCCN(c2cc(C(C)N)ccn2)C1. The lowest BCUT2D eigenvalue weighted by Crippen LogP contribution is -2.42. The number of nitrogens with two attached hydrogens (primary N) is 1. The first-order valence-electron chi connectivity index (χ1n) is 6.80. The first kappa shape index (κ1) is 13.8. The number of pyridine rings is 1. The highest BCUT2D eigenvalue weighted by Crippen LogP contribution is 2.23. The van der Waals surface area contributed by atoms with Crippen molar-refractivity contribution in [3.05, 3.63) is 23.9 Å². The molecule has 5 heteroatoms. The number of nitrogens with zero attached hydrogens (tertiary/aromatic N) is 2. The van der Waals surface area contributed by atoms with Crippen LogP contribution in [0.15, 0.2) is 18.3 Å². The topological polar surface area (TPSA) is 71.2 Å². The van der Waals surface area contributed by atoms with Gasteiger partial charge in [0.1, 0.15) is 5.82 Å². The summed E-state index contributed by atoms with van der Waals surface area (Å²) in [5, 5.41) is 2.73. The van der Waals surface area contributed by atoms with E-state index in [9.17, 15) is 4.79 Å². The van der Waals surface area contributed by atoms with Crippen molar-refractivity contribution in [2.45, 2.75) is 25.8 Å². The van der Waals surface area contributed by atoms with E-state index < -0.39 is 0 Å². The van der Waals surface area contributed by atoms with Crippen molar-refractivity contribution in [2.75, 3.05) is 25.0 Å². The summed E-state index contributed by atoms with van der Waals surface area (Å²) in [5.74, 6) is 1.09. The molecule has 1 aliphatic heterocycles. The summed E-state index contributed by atoms with van der Waals surface area (Å²) in [6.45, 7) is 3.64. The molecular weight excluding hydrogens is 240 g/mol. The second-order valence-corrected chi connectivity index (χ2v) is 5.14. The van der Waals surface area contributed by atoms with E-state index >= 15 is 0 Å². The summed E-state index contributed by atoms with van der Waals surface area (Å²) in [6, 6.07) is 3.96. The molecule has 104 valence electrons. The lowest BCUT2D eigenvalue weighted by atomic mass is 9.97. The summed E-state index contributed by atoms with van der Waals surface area (Å²) in [4.78, 5) is 18.3. The Morgan fingerprint density at radius 2 is 2.42 bits per heavy atom. The van der Waals surface area contributed by atoms with E-state index in [1.54, 1.807) is 13.2 Å². The van der Waals surface area contributed by atoms with Gasteiger partial charge in [-0.2, -0.15) is 0 Å². The van der Waals surface area contributed by atoms with Crippen molar-refractivity contribution < 1.29 is 4.79 Å². The largest absolute Gasteiger partial charge is 0.359 e. The first-order valence-corrected chi connectivity index (χ1v) is 6.80. The second kappa shape index (κ2) is 6.02. The van der Waals surface area contributed by atoms with Crippen molar-refractivity contribution in [2.24, 2.45) is 11.7 Å². The number of hydrogen-bond donors (Lipinski definition) is 2. The van der Waals surface area contributed by atoms with Crippen LogP contribution in [0.2, 0.25) is 0 Å². The smallest absolute Gasteiger partial charge is 0.224 e. The molecule has 0 aromatic carbocycles. The molecule has 19 heavy (non-hydrogen) atoms. The van der Waals surface area contributed by atoms with Gasteiger partial charge in [0.15, 0.2) is 0 Å². The molecule has 3 N–H and O–H groups in total. The highest BCUT2D eigenvalue weighted by Gasteiger charge is 2.25. The molecule has 2 atom stereocenters. The molecule has 1 amide bonds. The average molecular weight is 262 g/mol. The zero-order valence-corrected chi connectivity index (χ0v) is 11.6. The molecule has 0 radical (unpaired) electrons. The number of rotatable bonds is 3. The highest BCUT2D eigenvalue weighted by atomic mass is 16.1. The molecule has 0 saturated carbocycles. The molecule has 0 aliphatic carbocycles. The Morgan fingerprint density at radius 3 is 3.11 bits per heavy atom. The van der Waals surface area contributed by atoms with Gasteiger partial charge in [0.05, 0.1) is 5.92 Å². The molecule has 0 bridgehead atoms. The molecule has 2 rings (SSSR count). The Hall–Kier alpha value is -1.62. The summed E-state index contributed by atoms with van der Waals surface area (Å²) >= 11 is 0. The van der Waals surface area contributed by atoms with E-state index in [2.05, 4.69) is 15.2 Å². The number of aromatic nitrogens is 1. The van der Waals surface area contributed by atoms with Crippen LogP contribution >= 0.6 is 0 Å². The Morgan fingerprint density at radius 1 is 1.63 bits per heavy atom. The maximum absolute atomic E-state index is 11.7. The van der Waals surface area contributed by atoms with E-state index in [1.165, 1.54) is 0 Å². The second-order valence-electron chi connectivity index (χ2n) is 5.14. The zero-order chi connectivity index (χ0) is 13.8. The van der Waals surface area contributed by atoms with Gasteiger partial charge >= 0.3 is 0 Å². The van der Waals surface area contributed by atoms with Crippen molar-refractivity contribution in [3.8, 4) is 0 Å². The van der Waals surface area contributed by atoms with E-state index in [0.29, 0.717) is 0 Å². The predicted molar refractivity (Wildman–Crippen MR) is 75.8 cm³/mol. The van der Waals surface area contributed by atoms with Gasteiger partial charge in [0.25, 0.3) is 0 Å². The van der Waals surface area contributed by atoms with Gasteiger partial charge in [-0.15, -0.1) is 0 Å². The van der Waals surface area contributed by atoms with Crippen LogP contribution in [0.1, 0.15) is 31.4 Å². The number of carbonyl (C=O) groups excluding carboxylic acids is 1. The highest BCUT2D eigenvalue weighted by molar-refractivity contribution is 5.79. The standard InChI is InChI=1S/C14H22N4O/c1-10(15)11-5-6-17-13(8-11)18-7-3-4-12(9-18)14(19)16-2/h5-6,8,10,12H,3-4,7,9,15H2,1-2H3,(H,16,19). The molecule has 2 unspecified atom stereocenters. The summed E-state index contributed by atoms with van der Waals surface area (Å²) in [7, 11) is 1.69. The molecular formula is C14H22N4O. The fourth-order valence-electron chi connectivity index (χ4n) is 2.49. The van der Waals surface area contributed by atoms with Gasteiger partial charge in [-0.25, -0.2) is 4.98 Å². The number of anilines is 1. The van der Waals surface area contributed by atoms with E-state index in [4.69, 9.17) is 5.73 Å². The minimum absolute atomic E-state index is 0.00118. The van der Waals surface area contributed by atoms with Crippen molar-refractivity contribution in [3.63, 3.8) is 0 Å². The molecule has 1 aromatic heterocycles. The van der Waals surface area contributed by atoms with E-state index in [1.807, 2.05) is 19.1 Å². The molecule has 1 saturated heterocycles. The number of amides is 1. The van der Waals surface area contributed by atoms with Crippen LogP contribution in [0, 0.1) is 5.92 Å². The lowest BCUT2D eigenvalue weighted by molar-refractivity contribution is -0.124. The van der Waals surface area contributed by atoms with Gasteiger partial charge in [-0.3, -0.25) is 4.79 Å². The fraction of sp³-hybridized carbons (Fsp3) is 0.571. The van der Waals surface area contributed by atoms with Crippen LogP contribution in [0.5, 0.6) is 0 Å². The van der Waals surface area contributed by atoms with Crippen molar-refractivity contribution in [1.82, 2.24) is 10.3 Å². The van der Waals surface area contributed by atoms with Gasteiger partial charge < -0.3 is 16.0 Å². The third-order valence-corrected chi connectivity index (χ3v) is 3.66. The molecule has 1 aromatic rings. The van der Waals surface area contributed by atoms with E-state index in [-0.39, 0.29) is 17.9 Å². The normalized spacial score (nSPS) is 21.0. The average Bonchev–Trinajstić information content (AvgIpc) is 2.46. The van der Waals surface area contributed by atoms with Crippen LogP contribution in [-0.2, 0) is 4.79 Å². The van der Waals surface area contributed by atoms with Gasteiger partial charge in [0, 0.05) is 32.4 Å². The quantitative estimate of drug-likeness (QED) is 0.854. The first-order chi connectivity index (χ1) is 9.11. The van der Waals surface area contributed by atoms with Crippen LogP contribution in [0.4, 0.5) is 5.82 Å². The number of piperidine rings is 1. The number of carbonyl (C=O) groups is 1. The minimum atomic E-state index is 0.00118. The van der Waals surface area contributed by atoms with Crippen LogP contribution in [-0.4, -0.2) is 31.0 Å². The molecule has 2 heterocycles. The van der Waals surface area contributed by atoms with Crippen LogP contribution in [0.25, 0.3) is 0 Å². The third-order valence-electron chi connectivity index (χ3n) is 3.66. The van der Waals surface area contributed by atoms with Gasteiger partial charge in [-0.05, 0) is 37.5 Å². The zero-order valence-electron chi connectivity index (χ0n) is 11.6. The molecule has 1 aliphatic rings. The van der Waals surface area contributed by atoms with Gasteiger partial charge in [0.2, 0.25) is 5.91 Å². The fourth-order valence-corrected chi connectivity index (χ4v) is 2.49. The molecule has 1 fully saturated rings. The number of hydrogen-bond acceptors (Lipinski definition) is 4. The Balaban J connectivity index is 2.13. The Labute approximate surface area is 114 Å².